The lowest BCUT2D eigenvalue weighted by atomic mass is 10.1. The maximum atomic E-state index is 12.5. The minimum Gasteiger partial charge on any atom is -0.436 e. The van der Waals surface area contributed by atoms with E-state index in [0.29, 0.717) is 33.3 Å². The van der Waals surface area contributed by atoms with Crippen LogP contribution in [0, 0.1) is 6.92 Å². The highest BCUT2D eigenvalue weighted by Crippen LogP contribution is 2.28. The topological polar surface area (TPSA) is 55.1 Å². The van der Waals surface area contributed by atoms with Gasteiger partial charge in [-0.15, -0.1) is 0 Å². The van der Waals surface area contributed by atoms with Crippen LogP contribution in [-0.4, -0.2) is 10.9 Å². The summed E-state index contributed by atoms with van der Waals surface area (Å²) < 4.78 is 5.79. The number of anilines is 1. The highest BCUT2D eigenvalue weighted by atomic mass is 35.5. The summed E-state index contributed by atoms with van der Waals surface area (Å²) >= 11 is 6.00. The predicted octanol–water partition coefficient (Wildman–Crippen LogP) is 5.71. The summed E-state index contributed by atoms with van der Waals surface area (Å²) in [6.07, 6.45) is 0. The van der Waals surface area contributed by atoms with Crippen molar-refractivity contribution in [2.24, 2.45) is 0 Å². The summed E-state index contributed by atoms with van der Waals surface area (Å²) in [6, 6.07) is 20.2. The molecule has 0 aliphatic carbocycles. The Balaban J connectivity index is 1.64. The third-order valence-electron chi connectivity index (χ3n) is 4.11. The van der Waals surface area contributed by atoms with Crippen LogP contribution in [0.25, 0.3) is 22.6 Å². The summed E-state index contributed by atoms with van der Waals surface area (Å²) in [4.78, 5) is 17.0. The Kier molecular flexibility index (Phi) is 4.19. The Labute approximate surface area is 155 Å². The molecule has 1 N–H and O–H groups in total. The highest BCUT2D eigenvalue weighted by Gasteiger charge is 2.12. The van der Waals surface area contributed by atoms with E-state index in [9.17, 15) is 4.79 Å². The first-order valence-electron chi connectivity index (χ1n) is 8.14. The third kappa shape index (κ3) is 3.19. The molecule has 0 spiro atoms. The molecule has 1 amide bonds. The van der Waals surface area contributed by atoms with Crippen LogP contribution in [-0.2, 0) is 0 Å². The number of carbonyl (C=O) groups is 1. The van der Waals surface area contributed by atoms with Gasteiger partial charge in [-0.1, -0.05) is 35.9 Å². The number of rotatable bonds is 3. The molecule has 0 saturated carbocycles. The van der Waals surface area contributed by atoms with Gasteiger partial charge < -0.3 is 9.73 Å². The van der Waals surface area contributed by atoms with E-state index in [2.05, 4.69) is 10.3 Å². The number of amides is 1. The molecule has 4 nitrogen and oxygen atoms in total. The molecule has 26 heavy (non-hydrogen) atoms. The SMILES string of the molecule is Cc1ccccc1C(=O)Nc1cccc(-c2nc3cc(Cl)ccc3o2)c1. The van der Waals surface area contributed by atoms with Gasteiger partial charge in [-0.25, -0.2) is 4.98 Å². The molecule has 128 valence electrons. The second-order valence-corrected chi connectivity index (χ2v) is 6.42. The van der Waals surface area contributed by atoms with Crippen molar-refractivity contribution in [2.45, 2.75) is 6.92 Å². The van der Waals surface area contributed by atoms with Gasteiger partial charge in [-0.2, -0.15) is 0 Å². The number of aryl methyl sites for hydroxylation is 1. The Hall–Kier alpha value is -3.11. The average Bonchev–Trinajstić information content (AvgIpc) is 3.05. The fourth-order valence-electron chi connectivity index (χ4n) is 2.78. The third-order valence-corrected chi connectivity index (χ3v) is 4.34. The van der Waals surface area contributed by atoms with E-state index in [1.165, 1.54) is 0 Å². The average molecular weight is 363 g/mol. The van der Waals surface area contributed by atoms with Crippen molar-refractivity contribution >= 4 is 34.3 Å². The van der Waals surface area contributed by atoms with E-state index < -0.39 is 0 Å². The number of nitrogens with one attached hydrogen (secondary N) is 1. The summed E-state index contributed by atoms with van der Waals surface area (Å²) in [7, 11) is 0. The number of carbonyl (C=O) groups excluding carboxylic acids is 1. The summed E-state index contributed by atoms with van der Waals surface area (Å²) in [5.74, 6) is 0.332. The summed E-state index contributed by atoms with van der Waals surface area (Å²) in [5.41, 5.74) is 4.39. The maximum absolute atomic E-state index is 12.5. The van der Waals surface area contributed by atoms with Gasteiger partial charge in [0.2, 0.25) is 5.89 Å². The number of hydrogen-bond acceptors (Lipinski definition) is 3. The standard InChI is InChI=1S/C21H15ClN2O2/c1-13-5-2-3-8-17(13)20(25)23-16-7-4-6-14(11-16)21-24-18-12-15(22)9-10-19(18)26-21/h2-12H,1H3,(H,23,25). The lowest BCUT2D eigenvalue weighted by Gasteiger charge is -2.08. The lowest BCUT2D eigenvalue weighted by Crippen LogP contribution is -2.13. The van der Waals surface area contributed by atoms with Gasteiger partial charge in [-0.3, -0.25) is 4.79 Å². The molecule has 0 aliphatic heterocycles. The molecule has 0 aliphatic rings. The number of hydrogen-bond donors (Lipinski definition) is 1. The zero-order valence-electron chi connectivity index (χ0n) is 14.0. The van der Waals surface area contributed by atoms with E-state index >= 15 is 0 Å². The number of halogens is 1. The van der Waals surface area contributed by atoms with E-state index in [0.717, 1.165) is 11.1 Å². The van der Waals surface area contributed by atoms with Gasteiger partial charge in [0.25, 0.3) is 5.91 Å². The van der Waals surface area contributed by atoms with Crippen LogP contribution in [0.3, 0.4) is 0 Å². The van der Waals surface area contributed by atoms with Crippen molar-refractivity contribution in [3.63, 3.8) is 0 Å². The van der Waals surface area contributed by atoms with E-state index in [4.69, 9.17) is 16.0 Å². The summed E-state index contributed by atoms with van der Waals surface area (Å²) in [6.45, 7) is 1.91. The van der Waals surface area contributed by atoms with Crippen LogP contribution in [0.2, 0.25) is 5.02 Å². The first kappa shape index (κ1) is 16.4. The Morgan fingerprint density at radius 2 is 1.88 bits per heavy atom. The van der Waals surface area contributed by atoms with Crippen molar-refractivity contribution in [3.05, 3.63) is 82.9 Å². The molecule has 0 saturated heterocycles. The maximum Gasteiger partial charge on any atom is 0.255 e. The summed E-state index contributed by atoms with van der Waals surface area (Å²) in [5, 5.41) is 3.53. The van der Waals surface area contributed by atoms with Crippen molar-refractivity contribution in [2.75, 3.05) is 5.32 Å². The molecule has 0 unspecified atom stereocenters. The van der Waals surface area contributed by atoms with E-state index in [1.807, 2.05) is 49.4 Å². The molecule has 5 heteroatoms. The first-order valence-corrected chi connectivity index (χ1v) is 8.51. The Morgan fingerprint density at radius 3 is 2.73 bits per heavy atom. The molecule has 1 heterocycles. The normalized spacial score (nSPS) is 10.8. The lowest BCUT2D eigenvalue weighted by molar-refractivity contribution is 0.102. The quantitative estimate of drug-likeness (QED) is 0.508. The van der Waals surface area contributed by atoms with Crippen molar-refractivity contribution in [3.8, 4) is 11.5 Å². The fourth-order valence-corrected chi connectivity index (χ4v) is 2.95. The number of fused-ring (bicyclic) bond motifs is 1. The molecule has 4 aromatic rings. The molecular weight excluding hydrogens is 348 g/mol. The zero-order valence-corrected chi connectivity index (χ0v) is 14.7. The number of oxazole rings is 1. The van der Waals surface area contributed by atoms with Crippen LogP contribution in [0.5, 0.6) is 0 Å². The monoisotopic (exact) mass is 362 g/mol. The fraction of sp³-hybridized carbons (Fsp3) is 0.0476. The predicted molar refractivity (Wildman–Crippen MR) is 104 cm³/mol. The molecule has 3 aromatic carbocycles. The number of aromatic nitrogens is 1. The van der Waals surface area contributed by atoms with Crippen LogP contribution >= 0.6 is 11.6 Å². The van der Waals surface area contributed by atoms with Gasteiger partial charge in [0, 0.05) is 21.8 Å². The largest absolute Gasteiger partial charge is 0.436 e. The van der Waals surface area contributed by atoms with Gasteiger partial charge in [-0.05, 0) is 55.0 Å². The molecule has 0 atom stereocenters. The zero-order chi connectivity index (χ0) is 18.1. The molecule has 4 rings (SSSR count). The molecule has 0 bridgehead atoms. The van der Waals surface area contributed by atoms with Crippen LogP contribution in [0.4, 0.5) is 5.69 Å². The molecule has 1 aromatic heterocycles. The second kappa shape index (κ2) is 6.65. The van der Waals surface area contributed by atoms with Crippen molar-refractivity contribution in [1.29, 1.82) is 0 Å². The number of nitrogens with zero attached hydrogens (tertiary/aromatic N) is 1. The minimum absolute atomic E-state index is 0.149. The van der Waals surface area contributed by atoms with Gasteiger partial charge in [0.1, 0.15) is 5.52 Å². The van der Waals surface area contributed by atoms with Gasteiger partial charge >= 0.3 is 0 Å². The minimum atomic E-state index is -0.149. The van der Waals surface area contributed by atoms with Gasteiger partial charge in [0.15, 0.2) is 5.58 Å². The molecule has 0 radical (unpaired) electrons. The number of benzene rings is 3. The van der Waals surface area contributed by atoms with Gasteiger partial charge in [0.05, 0.1) is 0 Å². The Bertz CT molecular complexity index is 1120. The van der Waals surface area contributed by atoms with E-state index in [-0.39, 0.29) is 5.91 Å². The van der Waals surface area contributed by atoms with Crippen LogP contribution < -0.4 is 5.32 Å². The molecular formula is C21H15ClN2O2. The van der Waals surface area contributed by atoms with Crippen LogP contribution in [0.15, 0.2) is 71.1 Å². The smallest absolute Gasteiger partial charge is 0.255 e. The van der Waals surface area contributed by atoms with E-state index in [1.54, 1.807) is 24.3 Å². The highest BCUT2D eigenvalue weighted by molar-refractivity contribution is 6.31. The van der Waals surface area contributed by atoms with Crippen molar-refractivity contribution in [1.82, 2.24) is 4.98 Å². The molecule has 0 fully saturated rings. The Morgan fingerprint density at radius 1 is 1.04 bits per heavy atom. The first-order chi connectivity index (χ1) is 12.6. The second-order valence-electron chi connectivity index (χ2n) is 5.98. The van der Waals surface area contributed by atoms with Crippen LogP contribution in [0.1, 0.15) is 15.9 Å². The van der Waals surface area contributed by atoms with Crippen molar-refractivity contribution < 1.29 is 9.21 Å².